The van der Waals surface area contributed by atoms with Gasteiger partial charge in [-0.05, 0) is 73.2 Å². The first-order chi connectivity index (χ1) is 33.1. The quantitative estimate of drug-likeness (QED) is 0.0574. The van der Waals surface area contributed by atoms with Gasteiger partial charge in [0, 0.05) is 74.0 Å². The Morgan fingerprint density at radius 2 is 1.73 bits per heavy atom. The van der Waals surface area contributed by atoms with Crippen LogP contribution in [-0.2, 0) is 38.0 Å². The lowest BCUT2D eigenvalue weighted by molar-refractivity contribution is -0.144. The molecule has 370 valence electrons. The number of aromatic nitrogens is 3. The molecular weight excluding hydrogens is 947 g/mol. The second kappa shape index (κ2) is 20.9. The molecule has 7 rings (SSSR count). The van der Waals surface area contributed by atoms with E-state index in [0.29, 0.717) is 11.6 Å². The molecule has 0 radical (unpaired) electrons. The molecule has 0 aliphatic carbocycles. The number of ether oxygens (including phenoxy) is 1. The molecule has 3 atom stereocenters. The molecule has 4 heterocycles. The van der Waals surface area contributed by atoms with Crippen LogP contribution >= 0.6 is 11.3 Å². The number of nitrogens with one attached hydrogen (secondary N) is 5. The van der Waals surface area contributed by atoms with E-state index in [9.17, 15) is 46.3 Å². The summed E-state index contributed by atoms with van der Waals surface area (Å²) >= 11 is 1.54. The maximum atomic E-state index is 14.8. The number of β-amino-alcohol motifs (C(OH)–C–C–N with tert-alkyl or cyclic N) is 1. The summed E-state index contributed by atoms with van der Waals surface area (Å²) in [5.41, 5.74) is 3.87. The Morgan fingerprint density at radius 1 is 1.00 bits per heavy atom. The molecule has 70 heavy (non-hydrogen) atoms. The molecule has 0 unspecified atom stereocenters. The summed E-state index contributed by atoms with van der Waals surface area (Å²) in [6.45, 7) is 8.84. The number of aryl methyl sites for hydroxylation is 2. The summed E-state index contributed by atoms with van der Waals surface area (Å²) in [7, 11) is -2.28. The highest BCUT2D eigenvalue weighted by molar-refractivity contribution is 7.92. The van der Waals surface area contributed by atoms with Crippen molar-refractivity contribution in [2.45, 2.75) is 78.6 Å². The number of hydrogen-bond acceptors (Lipinski definition) is 11. The van der Waals surface area contributed by atoms with Gasteiger partial charge < -0.3 is 40.2 Å². The number of aromatic amines is 1. The fraction of sp³-hybridized carbons (Fsp3) is 0.347. The minimum Gasteiger partial charge on any atom is -0.454 e. The summed E-state index contributed by atoms with van der Waals surface area (Å²) < 4.78 is 63.1. The van der Waals surface area contributed by atoms with Crippen molar-refractivity contribution in [3.63, 3.8) is 0 Å². The first-order valence-corrected chi connectivity index (χ1v) is 25.0. The lowest BCUT2D eigenvalue weighted by Gasteiger charge is -2.35. The number of halogens is 2. The summed E-state index contributed by atoms with van der Waals surface area (Å²) in [6, 6.07) is 14.1. The fourth-order valence-corrected chi connectivity index (χ4v) is 9.49. The molecule has 4 amide bonds. The van der Waals surface area contributed by atoms with Crippen LogP contribution in [0.5, 0.6) is 11.5 Å². The molecule has 21 heteroatoms. The summed E-state index contributed by atoms with van der Waals surface area (Å²) in [5, 5.41) is 19.3. The monoisotopic (exact) mass is 1000 g/mol. The Labute approximate surface area is 406 Å². The first-order valence-electron chi connectivity index (χ1n) is 22.5. The Morgan fingerprint density at radius 3 is 2.40 bits per heavy atom. The van der Waals surface area contributed by atoms with Gasteiger partial charge in [0.1, 0.15) is 34.9 Å². The Bertz CT molecular complexity index is 3130. The van der Waals surface area contributed by atoms with Crippen LogP contribution in [0.1, 0.15) is 68.7 Å². The number of pyridine rings is 1. The van der Waals surface area contributed by atoms with Crippen molar-refractivity contribution in [2.24, 2.45) is 12.5 Å². The predicted octanol–water partition coefficient (Wildman–Crippen LogP) is 6.12. The number of carbonyl (C=O) groups excluding carboxylic acids is 4. The van der Waals surface area contributed by atoms with Gasteiger partial charge >= 0.3 is 0 Å². The van der Waals surface area contributed by atoms with Crippen molar-refractivity contribution >= 4 is 61.6 Å². The zero-order valence-electron chi connectivity index (χ0n) is 39.3. The van der Waals surface area contributed by atoms with E-state index in [1.54, 1.807) is 37.6 Å². The Balaban J connectivity index is 1.00. The first kappa shape index (κ1) is 50.9. The van der Waals surface area contributed by atoms with Crippen LogP contribution in [-0.4, -0.2) is 93.6 Å². The van der Waals surface area contributed by atoms with E-state index in [1.807, 2.05) is 31.2 Å². The highest BCUT2D eigenvalue weighted by Gasteiger charge is 2.44. The zero-order chi connectivity index (χ0) is 50.7. The molecule has 0 bridgehead atoms. The van der Waals surface area contributed by atoms with E-state index < -0.39 is 74.4 Å². The third-order valence-corrected chi connectivity index (χ3v) is 14.1. The number of nitrogens with zero attached hydrogens (tertiary/aromatic N) is 3. The van der Waals surface area contributed by atoms with Crippen molar-refractivity contribution in [2.75, 3.05) is 23.6 Å². The predicted molar refractivity (Wildman–Crippen MR) is 262 cm³/mol. The average molecular weight is 1000 g/mol. The van der Waals surface area contributed by atoms with Gasteiger partial charge in [-0.15, -0.1) is 11.3 Å². The smallest absolute Gasteiger partial charge is 0.274 e. The van der Waals surface area contributed by atoms with Gasteiger partial charge in [0.05, 0.1) is 27.9 Å². The number of hydrogen-bond donors (Lipinski definition) is 6. The number of fused-ring (bicyclic) bond motifs is 1. The number of anilines is 1. The molecule has 17 nitrogen and oxygen atoms in total. The lowest BCUT2D eigenvalue weighted by Crippen LogP contribution is -2.57. The molecular formula is C49H54F2N8O9S2. The molecule has 6 aromatic rings. The number of thiazole rings is 1. The van der Waals surface area contributed by atoms with Crippen molar-refractivity contribution in [3.05, 3.63) is 117 Å². The molecule has 1 saturated heterocycles. The maximum Gasteiger partial charge on any atom is 0.274 e. The normalized spacial score (nSPS) is 15.4. The summed E-state index contributed by atoms with van der Waals surface area (Å²) in [5.74, 6) is -4.43. The topological polar surface area (TPSA) is 234 Å². The van der Waals surface area contributed by atoms with Gasteiger partial charge in [0.2, 0.25) is 27.7 Å². The summed E-state index contributed by atoms with van der Waals surface area (Å²) in [6.07, 6.45) is 0.584. The van der Waals surface area contributed by atoms with Crippen LogP contribution in [0.4, 0.5) is 14.5 Å². The molecule has 1 fully saturated rings. The number of likely N-dealkylation sites (tertiary alicyclic amines) is 1. The number of aliphatic hydroxyl groups is 1. The van der Waals surface area contributed by atoms with Gasteiger partial charge in [0.15, 0.2) is 11.6 Å². The third-order valence-electron chi connectivity index (χ3n) is 11.8. The van der Waals surface area contributed by atoms with Crippen molar-refractivity contribution in [1.82, 2.24) is 35.4 Å². The van der Waals surface area contributed by atoms with E-state index in [2.05, 4.69) is 30.6 Å². The third kappa shape index (κ3) is 11.7. The largest absolute Gasteiger partial charge is 0.454 e. The SMILES string of the molecule is CCS(=O)(=O)Nc1ccc(Oc2ccc(F)cc2F)c(-c2cn(C)c(=O)c3[nH]c(C(=O)NCCCC(=O)N[C@H](C(=O)N4C[C@H](O)C[C@H]4C(=O)NCc4ccc(-c5scnc5C)cc4)C(C)(C)C)cc23)c1. The molecule has 0 spiro atoms. The van der Waals surface area contributed by atoms with Crippen molar-refractivity contribution in [3.8, 4) is 33.1 Å². The molecule has 3 aromatic carbocycles. The molecule has 0 saturated carbocycles. The standard InChI is InChI=1S/C49H54F2N8O9S2/c1-7-70(66,67)57-31-15-17-39(68-40-16-14-30(50)19-36(40)51)33(20-31)35-25-58(6)47(64)42-34(35)22-37(55-42)45(62)52-18-8-9-41(61)56-44(49(3,4)5)48(65)59-24-32(60)21-38(59)46(63)53-23-28-10-12-29(13-11-28)43-27(2)54-26-69-43/h10-17,19-20,22,25-26,32,38,44,55,57,60H,7-9,18,21,23-24H2,1-6H3,(H,52,62)(H,53,63)(H,56,61)/t32-,38+,44-/m1/s1. The van der Waals surface area contributed by atoms with E-state index in [-0.39, 0.29) is 84.0 Å². The minimum atomic E-state index is -3.75. The fourth-order valence-electron chi connectivity index (χ4n) is 8.05. The van der Waals surface area contributed by atoms with Crippen LogP contribution in [0.15, 0.2) is 83.2 Å². The number of amides is 4. The maximum absolute atomic E-state index is 14.8. The van der Waals surface area contributed by atoms with E-state index in [0.717, 1.165) is 33.8 Å². The number of aliphatic hydroxyl groups excluding tert-OH is 1. The van der Waals surface area contributed by atoms with Gasteiger partial charge in [-0.3, -0.25) is 28.7 Å². The van der Waals surface area contributed by atoms with Crippen LogP contribution in [0.2, 0.25) is 0 Å². The minimum absolute atomic E-state index is 0.00955. The van der Waals surface area contributed by atoms with Crippen molar-refractivity contribution < 1.29 is 46.2 Å². The van der Waals surface area contributed by atoms with Gasteiger partial charge in [-0.2, -0.15) is 0 Å². The molecule has 1 aliphatic heterocycles. The molecule has 1 aliphatic rings. The number of H-pyrrole nitrogens is 1. The highest BCUT2D eigenvalue weighted by Crippen LogP contribution is 2.40. The molecule has 3 aromatic heterocycles. The number of carbonyl (C=O) groups is 4. The average Bonchev–Trinajstić information content (AvgIpc) is 4.07. The van der Waals surface area contributed by atoms with Crippen LogP contribution in [0.3, 0.4) is 0 Å². The van der Waals surface area contributed by atoms with Crippen LogP contribution < -0.4 is 31.0 Å². The molecule has 6 N–H and O–H groups in total. The second-order valence-corrected chi connectivity index (χ2v) is 21.0. The number of benzene rings is 3. The van der Waals surface area contributed by atoms with E-state index in [4.69, 9.17) is 4.74 Å². The van der Waals surface area contributed by atoms with Gasteiger partial charge in [0.25, 0.3) is 11.5 Å². The van der Waals surface area contributed by atoms with E-state index in [1.165, 1.54) is 53.9 Å². The number of sulfonamides is 1. The van der Waals surface area contributed by atoms with Crippen molar-refractivity contribution in [1.29, 1.82) is 0 Å². The second-order valence-electron chi connectivity index (χ2n) is 18.1. The van der Waals surface area contributed by atoms with Crippen LogP contribution in [0.25, 0.3) is 32.5 Å². The van der Waals surface area contributed by atoms with Gasteiger partial charge in [-0.25, -0.2) is 22.2 Å². The zero-order valence-corrected chi connectivity index (χ0v) is 40.9. The van der Waals surface area contributed by atoms with E-state index >= 15 is 0 Å². The highest BCUT2D eigenvalue weighted by atomic mass is 32.2. The van der Waals surface area contributed by atoms with Gasteiger partial charge in [-0.1, -0.05) is 45.0 Å². The number of rotatable bonds is 17. The lowest BCUT2D eigenvalue weighted by atomic mass is 9.85. The Hall–Kier alpha value is -6.97. The Kier molecular flexibility index (Phi) is 15.2. The summed E-state index contributed by atoms with van der Waals surface area (Å²) in [4.78, 5) is 77.5. The van der Waals surface area contributed by atoms with Crippen LogP contribution in [0, 0.1) is 24.0 Å².